The molecular weight excluding hydrogens is 517 g/mol. The zero-order chi connectivity index (χ0) is 27.2. The van der Waals surface area contributed by atoms with E-state index < -0.39 is 11.8 Å². The molecule has 4 aromatic rings. The fourth-order valence-corrected chi connectivity index (χ4v) is 4.94. The van der Waals surface area contributed by atoms with Crippen LogP contribution in [-0.4, -0.2) is 24.0 Å². The number of aryl methyl sites for hydroxylation is 2. The van der Waals surface area contributed by atoms with Gasteiger partial charge in [-0.15, -0.1) is 11.5 Å². The number of fused-ring (bicyclic) bond motifs is 5. The number of urea groups is 1. The summed E-state index contributed by atoms with van der Waals surface area (Å²) in [7, 11) is 0. The molecule has 2 aliphatic rings. The molecule has 1 aliphatic carbocycles. The standard InChI is InChI=1S/C18H16.C13H9ClFN3O3/c1-3-7-15-13(5-1)9-11-18-16-8-4-2-6-14(16)10-12-17(15)18;1-2-4-21-12-7-11(10(15)6-9(12)14)17-13(19)18-3-5-20-8-16-18/h1,3,5,7,9-12H,2,4,6,8H2;1,3,5-8H,4H2,(H,17,19). The van der Waals surface area contributed by atoms with E-state index in [1.54, 1.807) is 11.1 Å². The van der Waals surface area contributed by atoms with Gasteiger partial charge in [-0.25, -0.2) is 9.18 Å². The van der Waals surface area contributed by atoms with Gasteiger partial charge in [-0.1, -0.05) is 66.1 Å². The molecule has 2 amide bonds. The number of nitrogens with one attached hydrogen (secondary N) is 1. The Morgan fingerprint density at radius 2 is 1.92 bits per heavy atom. The summed E-state index contributed by atoms with van der Waals surface area (Å²) >= 11 is 5.81. The van der Waals surface area contributed by atoms with Gasteiger partial charge in [0.1, 0.15) is 24.4 Å². The maximum Gasteiger partial charge on any atom is 0.346 e. The normalized spacial score (nSPS) is 13.6. The van der Waals surface area contributed by atoms with Gasteiger partial charge < -0.3 is 14.8 Å². The third-order valence-electron chi connectivity index (χ3n) is 6.55. The van der Waals surface area contributed by atoms with Gasteiger partial charge >= 0.3 is 6.03 Å². The maximum atomic E-state index is 13.8. The molecule has 0 bridgehead atoms. The zero-order valence-electron chi connectivity index (χ0n) is 21.0. The van der Waals surface area contributed by atoms with Crippen molar-refractivity contribution in [3.05, 3.63) is 95.1 Å². The molecule has 0 unspecified atom stereocenters. The van der Waals surface area contributed by atoms with Crippen molar-refractivity contribution in [2.45, 2.75) is 25.7 Å². The van der Waals surface area contributed by atoms with E-state index in [1.165, 1.54) is 65.8 Å². The lowest BCUT2D eigenvalue weighted by atomic mass is 9.86. The van der Waals surface area contributed by atoms with E-state index in [4.69, 9.17) is 22.8 Å². The number of carbonyl (C=O) groups is 1. The molecule has 0 atom stereocenters. The highest BCUT2D eigenvalue weighted by Gasteiger charge is 2.17. The van der Waals surface area contributed by atoms with E-state index in [-0.39, 0.29) is 23.1 Å². The average molecular weight is 542 g/mol. The van der Waals surface area contributed by atoms with Gasteiger partial charge in [0.15, 0.2) is 6.40 Å². The van der Waals surface area contributed by atoms with Crippen molar-refractivity contribution in [1.82, 2.24) is 5.01 Å². The van der Waals surface area contributed by atoms with Crippen LogP contribution in [0.2, 0.25) is 5.02 Å². The lowest BCUT2D eigenvalue weighted by Crippen LogP contribution is -2.27. The van der Waals surface area contributed by atoms with Crippen molar-refractivity contribution < 1.29 is 18.7 Å². The number of amides is 2. The number of hydrogen-bond acceptors (Lipinski definition) is 4. The number of benzene rings is 4. The molecule has 0 saturated heterocycles. The predicted octanol–water partition coefficient (Wildman–Crippen LogP) is 7.64. The Bertz CT molecular complexity index is 1630. The first-order valence-corrected chi connectivity index (χ1v) is 12.9. The summed E-state index contributed by atoms with van der Waals surface area (Å²) in [6.07, 6.45) is 13.8. The number of ether oxygens (including phenoxy) is 2. The number of rotatable bonds is 3. The molecule has 0 radical (unpaired) electrons. The van der Waals surface area contributed by atoms with Gasteiger partial charge in [0.25, 0.3) is 0 Å². The third kappa shape index (κ3) is 5.82. The number of hydrazone groups is 1. The number of carbonyl (C=O) groups excluding carboxylic acids is 1. The van der Waals surface area contributed by atoms with Crippen LogP contribution < -0.4 is 10.1 Å². The third-order valence-corrected chi connectivity index (χ3v) is 6.85. The summed E-state index contributed by atoms with van der Waals surface area (Å²) in [5, 5.41) is 12.6. The monoisotopic (exact) mass is 541 g/mol. The lowest BCUT2D eigenvalue weighted by molar-refractivity contribution is 0.226. The van der Waals surface area contributed by atoms with Crippen molar-refractivity contribution in [1.29, 1.82) is 0 Å². The van der Waals surface area contributed by atoms with Crippen LogP contribution in [0.15, 0.2) is 78.2 Å². The van der Waals surface area contributed by atoms with Crippen molar-refractivity contribution in [2.75, 3.05) is 11.9 Å². The number of terminal acetylenes is 1. The number of nitrogens with zero attached hydrogens (tertiary/aromatic N) is 2. The van der Waals surface area contributed by atoms with Gasteiger partial charge in [-0.2, -0.15) is 5.01 Å². The molecule has 0 fully saturated rings. The van der Waals surface area contributed by atoms with Crippen LogP contribution in [-0.2, 0) is 17.6 Å². The Labute approximate surface area is 230 Å². The molecule has 1 heterocycles. The largest absolute Gasteiger partial charge is 0.479 e. The second kappa shape index (κ2) is 11.9. The zero-order valence-corrected chi connectivity index (χ0v) is 21.7. The van der Waals surface area contributed by atoms with E-state index in [1.807, 2.05) is 0 Å². The first kappa shape index (κ1) is 26.1. The molecular formula is C31H25ClFN3O3. The quantitative estimate of drug-likeness (QED) is 0.214. The highest BCUT2D eigenvalue weighted by Crippen LogP contribution is 2.33. The lowest BCUT2D eigenvalue weighted by Gasteiger charge is -2.18. The Balaban J connectivity index is 0.000000159. The minimum Gasteiger partial charge on any atom is -0.479 e. The number of halogens is 2. The molecule has 1 aliphatic heterocycles. The fraction of sp³-hybridized carbons (Fsp3) is 0.161. The smallest absolute Gasteiger partial charge is 0.346 e. The summed E-state index contributed by atoms with van der Waals surface area (Å²) in [5.74, 6) is 1.70. The molecule has 0 aromatic heterocycles. The predicted molar refractivity (Wildman–Crippen MR) is 153 cm³/mol. The SMILES string of the molecule is C#CCOc1cc(NC(=O)N2C=COC=N2)c(F)cc1Cl.c1ccc2c(c1)ccc1c3c(ccc12)CCCC3. The van der Waals surface area contributed by atoms with Crippen LogP contribution in [0.4, 0.5) is 14.9 Å². The van der Waals surface area contributed by atoms with Gasteiger partial charge in [0.2, 0.25) is 0 Å². The Morgan fingerprint density at radius 3 is 2.74 bits per heavy atom. The molecule has 39 heavy (non-hydrogen) atoms. The van der Waals surface area contributed by atoms with Gasteiger partial charge in [0.05, 0.1) is 16.9 Å². The van der Waals surface area contributed by atoms with Gasteiger partial charge in [0, 0.05) is 6.07 Å². The highest BCUT2D eigenvalue weighted by molar-refractivity contribution is 6.32. The molecule has 6 nitrogen and oxygen atoms in total. The van der Waals surface area contributed by atoms with Crippen molar-refractivity contribution in [2.24, 2.45) is 5.10 Å². The van der Waals surface area contributed by atoms with Crippen LogP contribution in [0.3, 0.4) is 0 Å². The van der Waals surface area contributed by atoms with Crippen LogP contribution in [0, 0.1) is 18.2 Å². The van der Waals surface area contributed by atoms with E-state index >= 15 is 0 Å². The maximum absolute atomic E-state index is 13.8. The van der Waals surface area contributed by atoms with Crippen LogP contribution in [0.5, 0.6) is 5.75 Å². The topological polar surface area (TPSA) is 63.2 Å². The molecule has 1 N–H and O–H groups in total. The second-order valence-electron chi connectivity index (χ2n) is 8.96. The van der Waals surface area contributed by atoms with Crippen LogP contribution in [0.25, 0.3) is 21.5 Å². The fourth-order valence-electron chi connectivity index (χ4n) is 4.73. The molecule has 0 spiro atoms. The van der Waals surface area contributed by atoms with Crippen molar-refractivity contribution in [3.63, 3.8) is 0 Å². The number of anilines is 1. The van der Waals surface area contributed by atoms with Crippen LogP contribution >= 0.6 is 11.6 Å². The van der Waals surface area contributed by atoms with E-state index in [0.717, 1.165) is 17.5 Å². The molecule has 6 rings (SSSR count). The van der Waals surface area contributed by atoms with Crippen molar-refractivity contribution >= 4 is 51.3 Å². The summed E-state index contributed by atoms with van der Waals surface area (Å²) in [5.41, 5.74) is 3.06. The Kier molecular flexibility index (Phi) is 7.95. The summed E-state index contributed by atoms with van der Waals surface area (Å²) in [6, 6.07) is 19.5. The van der Waals surface area contributed by atoms with E-state index in [0.29, 0.717) is 0 Å². The Morgan fingerprint density at radius 1 is 1.10 bits per heavy atom. The number of hydrogen-bond donors (Lipinski definition) is 1. The van der Waals surface area contributed by atoms with E-state index in [9.17, 15) is 9.18 Å². The van der Waals surface area contributed by atoms with Gasteiger partial charge in [-0.3, -0.25) is 0 Å². The summed E-state index contributed by atoms with van der Waals surface area (Å²) < 4.78 is 23.6. The highest BCUT2D eigenvalue weighted by atomic mass is 35.5. The molecule has 4 aromatic carbocycles. The minimum absolute atomic E-state index is 0.0325. The van der Waals surface area contributed by atoms with Crippen molar-refractivity contribution in [3.8, 4) is 18.1 Å². The molecule has 8 heteroatoms. The van der Waals surface area contributed by atoms with Gasteiger partial charge in [-0.05, 0) is 64.4 Å². The molecule has 0 saturated carbocycles. The minimum atomic E-state index is -0.720. The first-order valence-electron chi connectivity index (χ1n) is 12.5. The van der Waals surface area contributed by atoms with Crippen LogP contribution in [0.1, 0.15) is 24.0 Å². The summed E-state index contributed by atoms with van der Waals surface area (Å²) in [6.45, 7) is -0.0325. The first-order chi connectivity index (χ1) is 19.0. The Hall–Kier alpha value is -4.54. The second-order valence-corrected chi connectivity index (χ2v) is 9.37. The average Bonchev–Trinajstić information content (AvgIpc) is 2.98. The molecule has 196 valence electrons. The van der Waals surface area contributed by atoms with E-state index in [2.05, 4.69) is 69.6 Å². The summed E-state index contributed by atoms with van der Waals surface area (Å²) in [4.78, 5) is 11.9.